The Balaban J connectivity index is 1.64. The van der Waals surface area contributed by atoms with Crippen molar-refractivity contribution in [1.29, 1.82) is 0 Å². The van der Waals surface area contributed by atoms with E-state index in [9.17, 15) is 9.59 Å². The predicted molar refractivity (Wildman–Crippen MR) is 105 cm³/mol. The van der Waals surface area contributed by atoms with Crippen LogP contribution in [0.3, 0.4) is 0 Å². The molecular weight excluding hydrogens is 364 g/mol. The summed E-state index contributed by atoms with van der Waals surface area (Å²) in [6.45, 7) is 3.83. The van der Waals surface area contributed by atoms with E-state index in [2.05, 4.69) is 5.32 Å². The number of amides is 1. The monoisotopic (exact) mass is 386 g/mol. The van der Waals surface area contributed by atoms with Crippen molar-refractivity contribution in [3.63, 3.8) is 0 Å². The Kier molecular flexibility index (Phi) is 6.48. The molecule has 142 valence electrons. The Morgan fingerprint density at radius 2 is 2.00 bits per heavy atom. The molecule has 0 saturated carbocycles. The van der Waals surface area contributed by atoms with Crippen LogP contribution in [-0.4, -0.2) is 42.8 Å². The Morgan fingerprint density at radius 1 is 1.22 bits per heavy atom. The van der Waals surface area contributed by atoms with E-state index < -0.39 is 0 Å². The molecule has 1 atom stereocenters. The Bertz CT molecular complexity index is 807. The molecule has 1 amide bonds. The maximum Gasteiger partial charge on any atom is 0.261 e. The number of rotatable bonds is 6. The van der Waals surface area contributed by atoms with E-state index in [-0.39, 0.29) is 24.3 Å². The number of ketones is 1. The number of hydrogen-bond donors (Lipinski definition) is 1. The van der Waals surface area contributed by atoms with Gasteiger partial charge in [-0.25, -0.2) is 0 Å². The number of carbonyl (C=O) groups is 2. The molecule has 0 radical (unpaired) electrons. The van der Waals surface area contributed by atoms with Crippen molar-refractivity contribution in [1.82, 2.24) is 10.2 Å². The van der Waals surface area contributed by atoms with Crippen molar-refractivity contribution in [3.05, 3.63) is 64.7 Å². The van der Waals surface area contributed by atoms with E-state index in [1.165, 1.54) is 0 Å². The van der Waals surface area contributed by atoms with Gasteiger partial charge in [-0.1, -0.05) is 30.7 Å². The fourth-order valence-electron chi connectivity index (χ4n) is 3.18. The molecule has 1 aliphatic rings. The molecule has 1 heterocycles. The number of ether oxygens (including phenoxy) is 1. The number of carbonyl (C=O) groups excluding carboxylic acids is 2. The van der Waals surface area contributed by atoms with Crippen LogP contribution in [0.2, 0.25) is 5.02 Å². The van der Waals surface area contributed by atoms with Crippen molar-refractivity contribution in [2.24, 2.45) is 0 Å². The van der Waals surface area contributed by atoms with E-state index in [4.69, 9.17) is 16.3 Å². The summed E-state index contributed by atoms with van der Waals surface area (Å²) < 4.78 is 5.65. The molecule has 5 nitrogen and oxygen atoms in total. The van der Waals surface area contributed by atoms with Crippen molar-refractivity contribution in [2.45, 2.75) is 19.4 Å². The zero-order chi connectivity index (χ0) is 19.2. The molecule has 1 aliphatic heterocycles. The summed E-state index contributed by atoms with van der Waals surface area (Å²) in [5.74, 6) is 0.587. The van der Waals surface area contributed by atoms with E-state index in [0.717, 1.165) is 12.1 Å². The van der Waals surface area contributed by atoms with Crippen LogP contribution < -0.4 is 10.1 Å². The van der Waals surface area contributed by atoms with Crippen molar-refractivity contribution in [3.8, 4) is 5.75 Å². The fraction of sp³-hybridized carbons (Fsp3) is 0.333. The van der Waals surface area contributed by atoms with Crippen molar-refractivity contribution < 1.29 is 14.3 Å². The van der Waals surface area contributed by atoms with Crippen molar-refractivity contribution >= 4 is 23.3 Å². The first-order chi connectivity index (χ1) is 13.1. The quantitative estimate of drug-likeness (QED) is 0.772. The fourth-order valence-corrected chi connectivity index (χ4v) is 3.38. The number of nitrogens with one attached hydrogen (secondary N) is 1. The number of benzene rings is 2. The minimum atomic E-state index is -0.0739. The number of Topliss-reactive ketones (excluding diaryl/α,β-unsaturated/α-hetero) is 1. The van der Waals surface area contributed by atoms with E-state index in [1.807, 2.05) is 36.1 Å². The SMILES string of the molecule is CCC(=O)c1ccc(OCC(=O)N2CCNCC2c2cccc(Cl)c2)cc1. The molecule has 0 bridgehead atoms. The van der Waals surface area contributed by atoms with Crippen LogP contribution in [0.25, 0.3) is 0 Å². The third kappa shape index (κ3) is 4.87. The molecule has 1 saturated heterocycles. The predicted octanol–water partition coefficient (Wildman–Crippen LogP) is 3.48. The van der Waals surface area contributed by atoms with Gasteiger partial charge in [0.05, 0.1) is 6.04 Å². The van der Waals surface area contributed by atoms with Crippen LogP contribution >= 0.6 is 11.6 Å². The summed E-state index contributed by atoms with van der Waals surface area (Å²) >= 11 is 6.11. The minimum Gasteiger partial charge on any atom is -0.484 e. The molecule has 0 aromatic heterocycles. The molecule has 1 fully saturated rings. The molecule has 0 spiro atoms. The number of piperazine rings is 1. The maximum atomic E-state index is 12.7. The molecular formula is C21H23ClN2O3. The highest BCUT2D eigenvalue weighted by Crippen LogP contribution is 2.25. The van der Waals surface area contributed by atoms with E-state index >= 15 is 0 Å². The summed E-state index contributed by atoms with van der Waals surface area (Å²) in [4.78, 5) is 26.3. The topological polar surface area (TPSA) is 58.6 Å². The maximum absolute atomic E-state index is 12.7. The van der Waals surface area contributed by atoms with E-state index in [1.54, 1.807) is 24.3 Å². The van der Waals surface area contributed by atoms with Crippen LogP contribution in [0.4, 0.5) is 0 Å². The largest absolute Gasteiger partial charge is 0.484 e. The molecule has 6 heteroatoms. The van der Waals surface area contributed by atoms with Crippen LogP contribution in [0.5, 0.6) is 5.75 Å². The lowest BCUT2D eigenvalue weighted by molar-refractivity contribution is -0.136. The first-order valence-corrected chi connectivity index (χ1v) is 9.48. The number of halogens is 1. The highest BCUT2D eigenvalue weighted by molar-refractivity contribution is 6.30. The van der Waals surface area contributed by atoms with Crippen LogP contribution in [0, 0.1) is 0 Å². The van der Waals surface area contributed by atoms with E-state index in [0.29, 0.717) is 35.8 Å². The number of nitrogens with zero attached hydrogens (tertiary/aromatic N) is 1. The Hall–Kier alpha value is -2.37. The van der Waals surface area contributed by atoms with Crippen molar-refractivity contribution in [2.75, 3.05) is 26.2 Å². The van der Waals surface area contributed by atoms with Gasteiger partial charge in [0.1, 0.15) is 5.75 Å². The summed E-state index contributed by atoms with van der Waals surface area (Å²) in [5.41, 5.74) is 1.66. The van der Waals surface area contributed by atoms with Gasteiger partial charge < -0.3 is 15.0 Å². The van der Waals surface area contributed by atoms with Gasteiger partial charge in [0.2, 0.25) is 0 Å². The van der Waals surface area contributed by atoms with Gasteiger partial charge in [-0.15, -0.1) is 0 Å². The second-order valence-corrected chi connectivity index (χ2v) is 6.89. The summed E-state index contributed by atoms with van der Waals surface area (Å²) in [6.07, 6.45) is 0.465. The van der Waals surface area contributed by atoms with Crippen LogP contribution in [0.15, 0.2) is 48.5 Å². The molecule has 1 unspecified atom stereocenters. The van der Waals surface area contributed by atoms with Gasteiger partial charge in [-0.3, -0.25) is 9.59 Å². The zero-order valence-corrected chi connectivity index (χ0v) is 16.0. The van der Waals surface area contributed by atoms with Crippen LogP contribution in [-0.2, 0) is 4.79 Å². The Morgan fingerprint density at radius 3 is 2.70 bits per heavy atom. The van der Waals surface area contributed by atoms with Gasteiger partial charge in [0.25, 0.3) is 5.91 Å². The third-order valence-corrected chi connectivity index (χ3v) is 4.89. The van der Waals surface area contributed by atoms with Gasteiger partial charge >= 0.3 is 0 Å². The summed E-state index contributed by atoms with van der Waals surface area (Å²) in [5, 5.41) is 3.98. The number of hydrogen-bond acceptors (Lipinski definition) is 4. The lowest BCUT2D eigenvalue weighted by atomic mass is 10.0. The van der Waals surface area contributed by atoms with Crippen LogP contribution in [0.1, 0.15) is 35.3 Å². The van der Waals surface area contributed by atoms with Gasteiger partial charge in [0, 0.05) is 36.6 Å². The second-order valence-electron chi connectivity index (χ2n) is 6.45. The zero-order valence-electron chi connectivity index (χ0n) is 15.3. The van der Waals surface area contributed by atoms with Gasteiger partial charge in [0.15, 0.2) is 12.4 Å². The average Bonchev–Trinajstić information content (AvgIpc) is 2.72. The van der Waals surface area contributed by atoms with Gasteiger partial charge in [-0.05, 0) is 42.0 Å². The molecule has 1 N–H and O–H groups in total. The third-order valence-electron chi connectivity index (χ3n) is 4.66. The lowest BCUT2D eigenvalue weighted by Crippen LogP contribution is -2.50. The molecule has 2 aromatic rings. The minimum absolute atomic E-state index is 0.0435. The highest BCUT2D eigenvalue weighted by atomic mass is 35.5. The lowest BCUT2D eigenvalue weighted by Gasteiger charge is -2.36. The Labute approximate surface area is 164 Å². The standard InChI is InChI=1S/C21H23ClN2O3/c1-2-20(25)15-6-8-18(9-7-15)27-14-21(26)24-11-10-23-13-19(24)16-4-3-5-17(22)12-16/h3-9,12,19,23H,2,10-11,13-14H2,1H3. The summed E-state index contributed by atoms with van der Waals surface area (Å²) in [6, 6.07) is 14.4. The normalized spacial score (nSPS) is 16.8. The smallest absolute Gasteiger partial charge is 0.261 e. The first-order valence-electron chi connectivity index (χ1n) is 9.10. The van der Waals surface area contributed by atoms with Gasteiger partial charge in [-0.2, -0.15) is 0 Å². The second kappa shape index (κ2) is 9.02. The first kappa shape index (κ1) is 19.4. The molecule has 3 rings (SSSR count). The molecule has 27 heavy (non-hydrogen) atoms. The molecule has 0 aliphatic carbocycles. The average molecular weight is 387 g/mol. The summed E-state index contributed by atoms with van der Waals surface area (Å²) in [7, 11) is 0. The highest BCUT2D eigenvalue weighted by Gasteiger charge is 2.28. The molecule has 2 aromatic carbocycles.